The summed E-state index contributed by atoms with van der Waals surface area (Å²) in [5.41, 5.74) is 5.63. The first-order chi connectivity index (χ1) is 7.09. The van der Waals surface area contributed by atoms with E-state index in [1.165, 1.54) is 35.1 Å². The Kier molecular flexibility index (Phi) is 2.68. The Balaban J connectivity index is 2.51. The number of rotatable bonds is 1. The molecule has 0 aliphatic heterocycles. The number of benzene rings is 1. The van der Waals surface area contributed by atoms with E-state index >= 15 is 0 Å². The summed E-state index contributed by atoms with van der Waals surface area (Å²) < 4.78 is 0. The van der Waals surface area contributed by atoms with Crippen LogP contribution >= 0.6 is 0 Å². The fourth-order valence-electron chi connectivity index (χ4n) is 2.62. The van der Waals surface area contributed by atoms with E-state index in [-0.39, 0.29) is 0 Å². The van der Waals surface area contributed by atoms with E-state index < -0.39 is 0 Å². The van der Waals surface area contributed by atoms with E-state index in [4.69, 9.17) is 0 Å². The van der Waals surface area contributed by atoms with Gasteiger partial charge in [0.15, 0.2) is 0 Å². The maximum absolute atomic E-state index is 4.18. The molecule has 1 aromatic carbocycles. The molecular formula is C15H20. The average molecular weight is 200 g/mol. The summed E-state index contributed by atoms with van der Waals surface area (Å²) in [4.78, 5) is 0. The normalized spacial score (nSPS) is 20.5. The molecule has 80 valence electrons. The van der Waals surface area contributed by atoms with Gasteiger partial charge in [-0.15, -0.1) is 0 Å². The standard InChI is InChI=1S/C15H20/c1-10(2)13-8-6-12(4)14-7-5-11(3)9-15(13)14/h5,7,9-10,13H,4,6,8H2,1-3H3/t13-/m0/s1. The minimum atomic E-state index is 0.727. The highest BCUT2D eigenvalue weighted by atomic mass is 14.3. The van der Waals surface area contributed by atoms with Gasteiger partial charge in [0.1, 0.15) is 0 Å². The average Bonchev–Trinajstić information content (AvgIpc) is 2.17. The quantitative estimate of drug-likeness (QED) is 0.624. The summed E-state index contributed by atoms with van der Waals surface area (Å²) in [5.74, 6) is 1.46. The molecule has 2 rings (SSSR count). The summed E-state index contributed by atoms with van der Waals surface area (Å²) in [6.07, 6.45) is 2.44. The summed E-state index contributed by atoms with van der Waals surface area (Å²) in [6.45, 7) is 11.0. The third-order valence-electron chi connectivity index (χ3n) is 3.55. The highest BCUT2D eigenvalue weighted by Crippen LogP contribution is 2.41. The first kappa shape index (κ1) is 10.5. The van der Waals surface area contributed by atoms with Gasteiger partial charge < -0.3 is 0 Å². The van der Waals surface area contributed by atoms with Gasteiger partial charge in [-0.1, -0.05) is 44.2 Å². The topological polar surface area (TPSA) is 0 Å². The van der Waals surface area contributed by atoms with Crippen LogP contribution in [0.25, 0.3) is 5.57 Å². The van der Waals surface area contributed by atoms with Crippen LogP contribution in [0.4, 0.5) is 0 Å². The van der Waals surface area contributed by atoms with E-state index in [0.29, 0.717) is 0 Å². The Labute approximate surface area is 93.0 Å². The molecule has 0 heterocycles. The molecule has 0 bridgehead atoms. The van der Waals surface area contributed by atoms with Crippen LogP contribution in [0.2, 0.25) is 0 Å². The van der Waals surface area contributed by atoms with Crippen molar-refractivity contribution >= 4 is 5.57 Å². The lowest BCUT2D eigenvalue weighted by atomic mass is 9.75. The predicted octanol–water partition coefficient (Wildman–Crippen LogP) is 4.54. The monoisotopic (exact) mass is 200 g/mol. The van der Waals surface area contributed by atoms with Crippen molar-refractivity contribution in [2.24, 2.45) is 5.92 Å². The zero-order chi connectivity index (χ0) is 11.0. The molecule has 0 nitrogen and oxygen atoms in total. The van der Waals surface area contributed by atoms with Crippen LogP contribution < -0.4 is 0 Å². The lowest BCUT2D eigenvalue weighted by Crippen LogP contribution is -2.14. The van der Waals surface area contributed by atoms with Gasteiger partial charge >= 0.3 is 0 Å². The van der Waals surface area contributed by atoms with Crippen molar-refractivity contribution in [3.63, 3.8) is 0 Å². The second kappa shape index (κ2) is 3.84. The predicted molar refractivity (Wildman–Crippen MR) is 67.0 cm³/mol. The second-order valence-corrected chi connectivity index (χ2v) is 5.08. The molecular weight excluding hydrogens is 180 g/mol. The highest BCUT2D eigenvalue weighted by molar-refractivity contribution is 5.69. The molecule has 1 aliphatic rings. The molecule has 0 amide bonds. The molecule has 0 saturated carbocycles. The third-order valence-corrected chi connectivity index (χ3v) is 3.55. The fraction of sp³-hybridized carbons (Fsp3) is 0.467. The van der Waals surface area contributed by atoms with Crippen LogP contribution in [0.5, 0.6) is 0 Å². The number of allylic oxidation sites excluding steroid dienone is 1. The summed E-state index contributed by atoms with van der Waals surface area (Å²) in [7, 11) is 0. The van der Waals surface area contributed by atoms with Crippen LogP contribution in [0.15, 0.2) is 24.8 Å². The number of hydrogen-bond acceptors (Lipinski definition) is 0. The van der Waals surface area contributed by atoms with Gasteiger partial charge in [0, 0.05) is 0 Å². The van der Waals surface area contributed by atoms with Crippen molar-refractivity contribution < 1.29 is 0 Å². The minimum absolute atomic E-state index is 0.727. The Morgan fingerprint density at radius 3 is 2.73 bits per heavy atom. The number of aryl methyl sites for hydroxylation is 1. The summed E-state index contributed by atoms with van der Waals surface area (Å²) in [6, 6.07) is 6.80. The Hall–Kier alpha value is -1.04. The smallest absolute Gasteiger partial charge is 0.0130 e. The summed E-state index contributed by atoms with van der Waals surface area (Å²) in [5, 5.41) is 0. The van der Waals surface area contributed by atoms with Crippen LogP contribution in [0.3, 0.4) is 0 Å². The first-order valence-corrected chi connectivity index (χ1v) is 5.88. The van der Waals surface area contributed by atoms with Crippen LogP contribution in [-0.2, 0) is 0 Å². The third kappa shape index (κ3) is 1.86. The molecule has 0 fully saturated rings. The maximum Gasteiger partial charge on any atom is -0.0130 e. The van der Waals surface area contributed by atoms with E-state index in [0.717, 1.165) is 11.8 Å². The van der Waals surface area contributed by atoms with E-state index in [2.05, 4.69) is 45.5 Å². The minimum Gasteiger partial charge on any atom is -0.0952 e. The Morgan fingerprint density at radius 1 is 1.33 bits per heavy atom. The van der Waals surface area contributed by atoms with Gasteiger partial charge in [0.25, 0.3) is 0 Å². The van der Waals surface area contributed by atoms with Gasteiger partial charge in [-0.05, 0) is 48.3 Å². The lowest BCUT2D eigenvalue weighted by Gasteiger charge is -2.30. The van der Waals surface area contributed by atoms with E-state index in [1.54, 1.807) is 0 Å². The van der Waals surface area contributed by atoms with Gasteiger partial charge in [0.05, 0.1) is 0 Å². The Morgan fingerprint density at radius 2 is 2.07 bits per heavy atom. The molecule has 0 heteroatoms. The maximum atomic E-state index is 4.18. The number of hydrogen-bond donors (Lipinski definition) is 0. The zero-order valence-corrected chi connectivity index (χ0v) is 10.0. The van der Waals surface area contributed by atoms with Gasteiger partial charge in [0.2, 0.25) is 0 Å². The molecule has 1 aromatic rings. The lowest BCUT2D eigenvalue weighted by molar-refractivity contribution is 0.464. The molecule has 1 atom stereocenters. The van der Waals surface area contributed by atoms with Crippen molar-refractivity contribution in [3.8, 4) is 0 Å². The largest absolute Gasteiger partial charge is 0.0952 e. The van der Waals surface area contributed by atoms with Crippen molar-refractivity contribution in [2.75, 3.05) is 0 Å². The van der Waals surface area contributed by atoms with Crippen molar-refractivity contribution in [2.45, 2.75) is 39.5 Å². The van der Waals surface area contributed by atoms with Crippen molar-refractivity contribution in [1.29, 1.82) is 0 Å². The number of fused-ring (bicyclic) bond motifs is 1. The van der Waals surface area contributed by atoms with Crippen molar-refractivity contribution in [3.05, 3.63) is 41.5 Å². The van der Waals surface area contributed by atoms with Crippen LogP contribution in [0, 0.1) is 12.8 Å². The molecule has 0 N–H and O–H groups in total. The zero-order valence-electron chi connectivity index (χ0n) is 10.0. The fourth-order valence-corrected chi connectivity index (χ4v) is 2.62. The SMILES string of the molecule is C=C1CC[C@@H](C(C)C)c2cc(C)ccc21. The van der Waals surface area contributed by atoms with Crippen molar-refractivity contribution in [1.82, 2.24) is 0 Å². The molecule has 15 heavy (non-hydrogen) atoms. The summed E-state index contributed by atoms with van der Waals surface area (Å²) >= 11 is 0. The Bertz CT molecular complexity index is 385. The second-order valence-electron chi connectivity index (χ2n) is 5.08. The van der Waals surface area contributed by atoms with Gasteiger partial charge in [-0.25, -0.2) is 0 Å². The molecule has 0 unspecified atom stereocenters. The molecule has 0 aromatic heterocycles. The van der Waals surface area contributed by atoms with E-state index in [1.807, 2.05) is 0 Å². The van der Waals surface area contributed by atoms with Crippen LogP contribution in [-0.4, -0.2) is 0 Å². The van der Waals surface area contributed by atoms with Crippen LogP contribution in [0.1, 0.15) is 49.3 Å². The highest BCUT2D eigenvalue weighted by Gasteiger charge is 2.24. The molecule has 0 spiro atoms. The molecule has 1 aliphatic carbocycles. The van der Waals surface area contributed by atoms with Gasteiger partial charge in [-0.2, -0.15) is 0 Å². The van der Waals surface area contributed by atoms with Gasteiger partial charge in [-0.3, -0.25) is 0 Å². The van der Waals surface area contributed by atoms with E-state index in [9.17, 15) is 0 Å². The first-order valence-electron chi connectivity index (χ1n) is 5.88. The molecule has 0 radical (unpaired) electrons. The molecule has 0 saturated heterocycles.